The fourth-order valence-electron chi connectivity index (χ4n) is 4.34. The van der Waals surface area contributed by atoms with Crippen molar-refractivity contribution in [3.63, 3.8) is 0 Å². The van der Waals surface area contributed by atoms with E-state index in [-0.39, 0.29) is 22.3 Å². The van der Waals surface area contributed by atoms with Gasteiger partial charge in [0.2, 0.25) is 11.2 Å². The van der Waals surface area contributed by atoms with E-state index in [1.807, 2.05) is 63.2 Å². The maximum Gasteiger partial charge on any atom is 0.453 e. The van der Waals surface area contributed by atoms with Crippen LogP contribution in [0.1, 0.15) is 37.7 Å². The summed E-state index contributed by atoms with van der Waals surface area (Å²) < 4.78 is 57.7. The first-order chi connectivity index (χ1) is 19.4. The van der Waals surface area contributed by atoms with E-state index < -0.39 is 34.7 Å². The average molecular weight is 559 g/mol. The molecule has 1 aromatic heterocycles. The lowest BCUT2D eigenvalue weighted by Gasteiger charge is -2.19. The number of hydrogen-bond donors (Lipinski definition) is 0. The summed E-state index contributed by atoms with van der Waals surface area (Å²) in [5, 5.41) is 1.78. The van der Waals surface area contributed by atoms with Crippen molar-refractivity contribution in [2.24, 2.45) is 0 Å². The van der Waals surface area contributed by atoms with Gasteiger partial charge in [-0.2, -0.15) is 13.2 Å². The van der Waals surface area contributed by atoms with Gasteiger partial charge in [-0.1, -0.05) is 75.4 Å². The van der Waals surface area contributed by atoms with Gasteiger partial charge in [-0.05, 0) is 57.7 Å². The molecule has 0 atom stereocenters. The van der Waals surface area contributed by atoms with Crippen LogP contribution in [0.25, 0.3) is 27.8 Å². The highest BCUT2D eigenvalue weighted by Crippen LogP contribution is 2.39. The number of alkyl halides is 3. The van der Waals surface area contributed by atoms with Crippen molar-refractivity contribution in [2.45, 2.75) is 32.4 Å². The van der Waals surface area contributed by atoms with Gasteiger partial charge in [0.05, 0.1) is 5.39 Å². The first-order valence-electron chi connectivity index (χ1n) is 12.7. The van der Waals surface area contributed by atoms with Crippen LogP contribution in [-0.2, 0) is 16.4 Å². The number of carbonyl (C=O) groups is 1. The normalized spacial score (nSPS) is 12.2. The van der Waals surface area contributed by atoms with Crippen LogP contribution in [0.2, 0.25) is 0 Å². The van der Waals surface area contributed by atoms with Crippen molar-refractivity contribution in [1.29, 1.82) is 0 Å². The summed E-state index contributed by atoms with van der Waals surface area (Å²) in [5.41, 5.74) is 0.151. The molecule has 0 bridgehead atoms. The lowest BCUT2D eigenvalue weighted by Crippen LogP contribution is -2.16. The quantitative estimate of drug-likeness (QED) is 0.123. The van der Waals surface area contributed by atoms with Crippen molar-refractivity contribution in [2.75, 3.05) is 0 Å². The third kappa shape index (κ3) is 6.01. The highest BCUT2D eigenvalue weighted by atomic mass is 19.4. The molecule has 0 aliphatic rings. The topological polar surface area (TPSA) is 65.7 Å². The second kappa shape index (κ2) is 10.6. The Morgan fingerprint density at radius 2 is 1.51 bits per heavy atom. The van der Waals surface area contributed by atoms with E-state index in [1.165, 1.54) is 30.3 Å². The fraction of sp³-hybridized carbons (Fsp3) is 0.152. The van der Waals surface area contributed by atoms with Gasteiger partial charge in [0.15, 0.2) is 0 Å². The van der Waals surface area contributed by atoms with E-state index in [0.717, 1.165) is 28.0 Å². The molecule has 5 nitrogen and oxygen atoms in total. The van der Waals surface area contributed by atoms with Crippen LogP contribution in [0, 0.1) is 0 Å². The molecule has 41 heavy (non-hydrogen) atoms. The minimum atomic E-state index is -5.03. The van der Waals surface area contributed by atoms with Crippen LogP contribution < -0.4 is 14.9 Å². The van der Waals surface area contributed by atoms with E-state index in [4.69, 9.17) is 13.9 Å². The molecule has 5 aromatic rings. The Balaban J connectivity index is 1.43. The van der Waals surface area contributed by atoms with E-state index in [1.54, 1.807) is 18.2 Å². The molecule has 1 heterocycles. The van der Waals surface area contributed by atoms with Crippen molar-refractivity contribution < 1.29 is 31.9 Å². The van der Waals surface area contributed by atoms with E-state index in [0.29, 0.717) is 0 Å². The Bertz CT molecular complexity index is 1840. The summed E-state index contributed by atoms with van der Waals surface area (Å²) in [7, 11) is 0. The number of hydrogen-bond acceptors (Lipinski definition) is 5. The summed E-state index contributed by atoms with van der Waals surface area (Å²) in [4.78, 5) is 25.6. The van der Waals surface area contributed by atoms with Crippen molar-refractivity contribution in [1.82, 2.24) is 0 Å². The zero-order chi connectivity index (χ0) is 29.4. The van der Waals surface area contributed by atoms with Crippen LogP contribution in [-0.4, -0.2) is 5.97 Å². The Hall–Kier alpha value is -4.85. The smallest absolute Gasteiger partial charge is 0.449 e. The highest BCUT2D eigenvalue weighted by molar-refractivity contribution is 5.95. The van der Waals surface area contributed by atoms with Gasteiger partial charge in [-0.3, -0.25) is 4.79 Å². The van der Waals surface area contributed by atoms with Crippen LogP contribution in [0.15, 0.2) is 100 Å². The van der Waals surface area contributed by atoms with Crippen LogP contribution in [0.3, 0.4) is 0 Å². The molecule has 0 unspecified atom stereocenters. The third-order valence-corrected chi connectivity index (χ3v) is 6.46. The van der Waals surface area contributed by atoms with Crippen molar-refractivity contribution in [3.05, 3.63) is 118 Å². The predicted molar refractivity (Wildman–Crippen MR) is 151 cm³/mol. The first-order valence-corrected chi connectivity index (χ1v) is 12.7. The molecule has 208 valence electrons. The van der Waals surface area contributed by atoms with Gasteiger partial charge in [0.1, 0.15) is 17.1 Å². The Morgan fingerprint density at radius 1 is 0.829 bits per heavy atom. The van der Waals surface area contributed by atoms with E-state index in [2.05, 4.69) is 0 Å². The van der Waals surface area contributed by atoms with Gasteiger partial charge in [0.25, 0.3) is 5.76 Å². The molecule has 0 N–H and O–H groups in total. The summed E-state index contributed by atoms with van der Waals surface area (Å²) in [5.74, 6) is -3.36. The molecule has 0 fully saturated rings. The molecule has 0 radical (unpaired) electrons. The summed E-state index contributed by atoms with van der Waals surface area (Å²) in [6, 6.07) is 23.3. The molecule has 0 spiro atoms. The number of ether oxygens (including phenoxy) is 2. The standard InChI is InChI=1S/C33H25F3O5/c1-32(2,3)22-12-14-23(15-13-22)40-30-29(38)26-17-16-24(19-27(26)41-31(30)33(34,35)36)39-28(37)18-11-21-9-6-8-20-7-4-5-10-25(20)21/h4-19H,1-3H3. The molecule has 4 aromatic carbocycles. The minimum Gasteiger partial charge on any atom is -0.449 e. The zero-order valence-electron chi connectivity index (χ0n) is 22.4. The molecule has 0 saturated heterocycles. The van der Waals surface area contributed by atoms with Gasteiger partial charge in [-0.25, -0.2) is 4.79 Å². The van der Waals surface area contributed by atoms with Gasteiger partial charge in [-0.15, -0.1) is 0 Å². The lowest BCUT2D eigenvalue weighted by molar-refractivity contribution is -0.154. The molecule has 0 aliphatic heterocycles. The maximum atomic E-state index is 14.0. The Labute approximate surface area is 233 Å². The van der Waals surface area contributed by atoms with Crippen molar-refractivity contribution in [3.8, 4) is 17.2 Å². The Kier molecular flexibility index (Phi) is 7.17. The fourth-order valence-corrected chi connectivity index (χ4v) is 4.34. The van der Waals surface area contributed by atoms with Gasteiger partial charge >= 0.3 is 12.1 Å². The Morgan fingerprint density at radius 3 is 2.22 bits per heavy atom. The first kappa shape index (κ1) is 27.7. The number of rotatable bonds is 5. The SMILES string of the molecule is CC(C)(C)c1ccc(Oc2c(C(F)(F)F)oc3cc(OC(=O)C=Cc4cccc5ccccc45)ccc3c2=O)cc1. The molecule has 0 amide bonds. The number of esters is 1. The van der Waals surface area contributed by atoms with Crippen LogP contribution in [0.5, 0.6) is 17.2 Å². The number of benzene rings is 4. The molecule has 8 heteroatoms. The van der Waals surface area contributed by atoms with Crippen LogP contribution >= 0.6 is 0 Å². The number of fused-ring (bicyclic) bond motifs is 2. The second-order valence-electron chi connectivity index (χ2n) is 10.4. The lowest BCUT2D eigenvalue weighted by atomic mass is 9.87. The molecule has 0 saturated carbocycles. The van der Waals surface area contributed by atoms with E-state index in [9.17, 15) is 22.8 Å². The minimum absolute atomic E-state index is 0.0543. The van der Waals surface area contributed by atoms with Crippen LogP contribution in [0.4, 0.5) is 13.2 Å². The second-order valence-corrected chi connectivity index (χ2v) is 10.4. The monoisotopic (exact) mass is 558 g/mol. The third-order valence-electron chi connectivity index (χ3n) is 6.46. The molecule has 5 rings (SSSR count). The summed E-state index contributed by atoms with van der Waals surface area (Å²) in [6.07, 6.45) is -2.22. The van der Waals surface area contributed by atoms with Gasteiger partial charge < -0.3 is 13.9 Å². The largest absolute Gasteiger partial charge is 0.453 e. The average Bonchev–Trinajstić information content (AvgIpc) is 2.92. The highest BCUT2D eigenvalue weighted by Gasteiger charge is 2.40. The summed E-state index contributed by atoms with van der Waals surface area (Å²) >= 11 is 0. The van der Waals surface area contributed by atoms with E-state index >= 15 is 0 Å². The molecular weight excluding hydrogens is 533 g/mol. The zero-order valence-corrected chi connectivity index (χ0v) is 22.4. The molecule has 0 aliphatic carbocycles. The van der Waals surface area contributed by atoms with Gasteiger partial charge in [0, 0.05) is 12.1 Å². The summed E-state index contributed by atoms with van der Waals surface area (Å²) in [6.45, 7) is 5.99. The molecular formula is C33H25F3O5. The number of halogens is 3. The maximum absolute atomic E-state index is 14.0. The predicted octanol–water partition coefficient (Wildman–Crippen LogP) is 8.67. The van der Waals surface area contributed by atoms with Crippen molar-refractivity contribution >= 4 is 33.8 Å². The number of carbonyl (C=O) groups excluding carboxylic acids is 1.